The SMILES string of the molecule is Cc1nc(CN2CCN(C(=O)c3ccc(S(=O)(=O)NC4CC4)cc3)CC2)cs1. The Bertz CT molecular complexity index is 944. The summed E-state index contributed by atoms with van der Waals surface area (Å²) in [7, 11) is -3.49. The standard InChI is InChI=1S/C19H24N4O3S2/c1-14-20-17(13-27-14)12-22-8-10-23(11-9-22)19(24)15-2-6-18(7-3-15)28(25,26)21-16-4-5-16/h2-3,6-7,13,16,21H,4-5,8-12H2,1H3. The Balaban J connectivity index is 1.33. The molecule has 2 fully saturated rings. The molecule has 1 aromatic heterocycles. The van der Waals surface area contributed by atoms with E-state index in [9.17, 15) is 13.2 Å². The van der Waals surface area contributed by atoms with E-state index in [4.69, 9.17) is 0 Å². The van der Waals surface area contributed by atoms with E-state index in [-0.39, 0.29) is 16.8 Å². The zero-order valence-electron chi connectivity index (χ0n) is 15.8. The van der Waals surface area contributed by atoms with Crippen molar-refractivity contribution in [1.29, 1.82) is 0 Å². The monoisotopic (exact) mass is 420 g/mol. The summed E-state index contributed by atoms with van der Waals surface area (Å²) in [5, 5.41) is 3.15. The third kappa shape index (κ3) is 4.60. The van der Waals surface area contributed by atoms with Gasteiger partial charge in [-0.15, -0.1) is 11.3 Å². The van der Waals surface area contributed by atoms with Crippen molar-refractivity contribution >= 4 is 27.3 Å². The molecule has 4 rings (SSSR count). The third-order valence-electron chi connectivity index (χ3n) is 5.02. The van der Waals surface area contributed by atoms with Crippen LogP contribution in [-0.2, 0) is 16.6 Å². The van der Waals surface area contributed by atoms with Crippen LogP contribution in [0.4, 0.5) is 0 Å². The average Bonchev–Trinajstić information content (AvgIpc) is 3.40. The third-order valence-corrected chi connectivity index (χ3v) is 7.38. The van der Waals surface area contributed by atoms with Gasteiger partial charge in [-0.05, 0) is 44.0 Å². The lowest BCUT2D eigenvalue weighted by atomic mass is 10.2. The van der Waals surface area contributed by atoms with Crippen LogP contribution in [0.2, 0.25) is 0 Å². The minimum absolute atomic E-state index is 0.0525. The number of benzene rings is 1. The maximum atomic E-state index is 12.7. The zero-order valence-corrected chi connectivity index (χ0v) is 17.4. The summed E-state index contributed by atoms with van der Waals surface area (Å²) in [4.78, 5) is 21.6. The second-order valence-electron chi connectivity index (χ2n) is 7.35. The van der Waals surface area contributed by atoms with E-state index in [1.54, 1.807) is 23.5 Å². The van der Waals surface area contributed by atoms with Crippen molar-refractivity contribution in [2.24, 2.45) is 0 Å². The van der Waals surface area contributed by atoms with Crippen molar-refractivity contribution in [2.45, 2.75) is 37.2 Å². The van der Waals surface area contributed by atoms with Gasteiger partial charge in [0.1, 0.15) is 0 Å². The molecule has 150 valence electrons. The Kier molecular flexibility index (Phi) is 5.50. The fourth-order valence-corrected chi connectivity index (χ4v) is 5.18. The van der Waals surface area contributed by atoms with Crippen LogP contribution < -0.4 is 4.72 Å². The van der Waals surface area contributed by atoms with Crippen molar-refractivity contribution in [3.8, 4) is 0 Å². The van der Waals surface area contributed by atoms with Gasteiger partial charge < -0.3 is 4.90 Å². The van der Waals surface area contributed by atoms with Gasteiger partial charge in [-0.3, -0.25) is 9.69 Å². The molecule has 1 N–H and O–H groups in total. The number of carbonyl (C=O) groups excluding carboxylic acids is 1. The normalized spacial score (nSPS) is 18.4. The predicted molar refractivity (Wildman–Crippen MR) is 108 cm³/mol. The van der Waals surface area contributed by atoms with Gasteiger partial charge >= 0.3 is 0 Å². The predicted octanol–water partition coefficient (Wildman–Crippen LogP) is 1.85. The summed E-state index contributed by atoms with van der Waals surface area (Å²) in [6, 6.07) is 6.30. The van der Waals surface area contributed by atoms with Gasteiger partial charge in [-0.2, -0.15) is 0 Å². The second-order valence-corrected chi connectivity index (χ2v) is 10.1. The largest absolute Gasteiger partial charge is 0.336 e. The van der Waals surface area contributed by atoms with E-state index in [1.165, 1.54) is 12.1 Å². The molecule has 0 atom stereocenters. The van der Waals surface area contributed by atoms with Gasteiger partial charge in [0.15, 0.2) is 0 Å². The summed E-state index contributed by atoms with van der Waals surface area (Å²) < 4.78 is 27.1. The fourth-order valence-electron chi connectivity index (χ4n) is 3.27. The van der Waals surface area contributed by atoms with Crippen LogP contribution in [-0.4, -0.2) is 61.3 Å². The molecule has 1 aromatic carbocycles. The molecule has 2 aromatic rings. The Morgan fingerprint density at radius 3 is 2.43 bits per heavy atom. The first-order valence-electron chi connectivity index (χ1n) is 9.46. The van der Waals surface area contributed by atoms with Crippen molar-refractivity contribution in [2.75, 3.05) is 26.2 Å². The highest BCUT2D eigenvalue weighted by Gasteiger charge is 2.28. The summed E-state index contributed by atoms with van der Waals surface area (Å²) >= 11 is 1.66. The van der Waals surface area contributed by atoms with E-state index < -0.39 is 10.0 Å². The van der Waals surface area contributed by atoms with Gasteiger partial charge in [-0.1, -0.05) is 0 Å². The lowest BCUT2D eigenvalue weighted by Crippen LogP contribution is -2.48. The molecule has 1 aliphatic heterocycles. The summed E-state index contributed by atoms with van der Waals surface area (Å²) in [6.45, 7) is 5.74. The number of rotatable bonds is 6. The Hall–Kier alpha value is -1.81. The first-order valence-corrected chi connectivity index (χ1v) is 11.8. The number of aromatic nitrogens is 1. The van der Waals surface area contributed by atoms with Crippen molar-refractivity contribution in [3.05, 3.63) is 45.9 Å². The maximum Gasteiger partial charge on any atom is 0.253 e. The van der Waals surface area contributed by atoms with Crippen molar-refractivity contribution in [3.63, 3.8) is 0 Å². The number of nitrogens with one attached hydrogen (secondary N) is 1. The Labute approximate surface area is 169 Å². The van der Waals surface area contributed by atoms with Crippen molar-refractivity contribution < 1.29 is 13.2 Å². The van der Waals surface area contributed by atoms with E-state index in [0.717, 1.165) is 43.2 Å². The van der Waals surface area contributed by atoms with Crippen LogP contribution in [0.5, 0.6) is 0 Å². The molecule has 28 heavy (non-hydrogen) atoms. The van der Waals surface area contributed by atoms with Gasteiger partial charge in [0.05, 0.1) is 15.6 Å². The molecule has 1 amide bonds. The number of sulfonamides is 1. The van der Waals surface area contributed by atoms with E-state index >= 15 is 0 Å². The smallest absolute Gasteiger partial charge is 0.253 e. The van der Waals surface area contributed by atoms with Crippen LogP contribution in [0.3, 0.4) is 0 Å². The lowest BCUT2D eigenvalue weighted by Gasteiger charge is -2.34. The van der Waals surface area contributed by atoms with Gasteiger partial charge in [0.25, 0.3) is 5.91 Å². The number of aryl methyl sites for hydroxylation is 1. The fraction of sp³-hybridized carbons (Fsp3) is 0.474. The minimum atomic E-state index is -3.49. The number of thiazole rings is 1. The minimum Gasteiger partial charge on any atom is -0.336 e. The molecule has 1 aliphatic carbocycles. The molecule has 2 aliphatic rings. The summed E-state index contributed by atoms with van der Waals surface area (Å²) in [6.07, 6.45) is 1.79. The number of nitrogens with zero attached hydrogens (tertiary/aromatic N) is 3. The Morgan fingerprint density at radius 1 is 1.18 bits per heavy atom. The number of carbonyl (C=O) groups is 1. The zero-order chi connectivity index (χ0) is 19.7. The van der Waals surface area contributed by atoms with E-state index in [1.807, 2.05) is 11.8 Å². The van der Waals surface area contributed by atoms with Crippen LogP contribution in [0, 0.1) is 6.92 Å². The molecule has 2 heterocycles. The highest BCUT2D eigenvalue weighted by Crippen LogP contribution is 2.22. The van der Waals surface area contributed by atoms with Crippen LogP contribution >= 0.6 is 11.3 Å². The first-order chi connectivity index (χ1) is 13.4. The molecule has 9 heteroatoms. The first kappa shape index (κ1) is 19.5. The molecule has 0 unspecified atom stereocenters. The number of hydrogen-bond donors (Lipinski definition) is 1. The topological polar surface area (TPSA) is 82.6 Å². The molecule has 0 bridgehead atoms. The van der Waals surface area contributed by atoms with Crippen molar-refractivity contribution in [1.82, 2.24) is 19.5 Å². The molecule has 1 saturated carbocycles. The summed E-state index contributed by atoms with van der Waals surface area (Å²) in [5.41, 5.74) is 1.60. The molecular formula is C19H24N4O3S2. The maximum absolute atomic E-state index is 12.7. The van der Waals surface area contributed by atoms with Gasteiger partial charge in [-0.25, -0.2) is 18.1 Å². The lowest BCUT2D eigenvalue weighted by molar-refractivity contribution is 0.0627. The van der Waals surface area contributed by atoms with Gasteiger partial charge in [0.2, 0.25) is 10.0 Å². The molecule has 7 nitrogen and oxygen atoms in total. The number of amides is 1. The van der Waals surface area contributed by atoms with E-state index in [2.05, 4.69) is 20.0 Å². The van der Waals surface area contributed by atoms with Crippen LogP contribution in [0.1, 0.15) is 33.9 Å². The molecule has 1 saturated heterocycles. The van der Waals surface area contributed by atoms with Crippen LogP contribution in [0.25, 0.3) is 0 Å². The summed E-state index contributed by atoms with van der Waals surface area (Å²) in [5.74, 6) is -0.0525. The highest BCUT2D eigenvalue weighted by atomic mass is 32.2. The van der Waals surface area contributed by atoms with E-state index in [0.29, 0.717) is 18.7 Å². The quantitative estimate of drug-likeness (QED) is 0.771. The average molecular weight is 421 g/mol. The molecule has 0 radical (unpaired) electrons. The molecular weight excluding hydrogens is 396 g/mol. The highest BCUT2D eigenvalue weighted by molar-refractivity contribution is 7.89. The molecule has 0 spiro atoms. The second kappa shape index (κ2) is 7.90. The number of hydrogen-bond acceptors (Lipinski definition) is 6. The number of piperazine rings is 1. The van der Waals surface area contributed by atoms with Crippen LogP contribution in [0.15, 0.2) is 34.5 Å². The van der Waals surface area contributed by atoms with Gasteiger partial charge in [0, 0.05) is 49.7 Å². The Morgan fingerprint density at radius 2 is 1.86 bits per heavy atom.